The number of fused-ring (bicyclic) bond motifs is 1. The van der Waals surface area contributed by atoms with Crippen molar-refractivity contribution in [1.29, 1.82) is 0 Å². The molecule has 0 spiro atoms. The zero-order valence-corrected chi connectivity index (χ0v) is 14.8. The highest BCUT2D eigenvalue weighted by Gasteiger charge is 2.35. The fourth-order valence-electron chi connectivity index (χ4n) is 3.38. The van der Waals surface area contributed by atoms with Crippen LogP contribution in [0, 0.1) is 0 Å². The van der Waals surface area contributed by atoms with E-state index in [9.17, 15) is 4.79 Å². The molecule has 0 radical (unpaired) electrons. The van der Waals surface area contributed by atoms with Crippen LogP contribution in [0.25, 0.3) is 0 Å². The molecular formula is C19H19N2OS2+. The van der Waals surface area contributed by atoms with E-state index in [0.717, 1.165) is 18.7 Å². The number of nitrogens with one attached hydrogen (secondary N) is 2. The summed E-state index contributed by atoms with van der Waals surface area (Å²) in [4.78, 5) is 16.7. The van der Waals surface area contributed by atoms with E-state index in [2.05, 4.69) is 34.3 Å². The van der Waals surface area contributed by atoms with Crippen molar-refractivity contribution in [3.8, 4) is 0 Å². The number of benzene rings is 1. The van der Waals surface area contributed by atoms with Gasteiger partial charge in [-0.25, -0.2) is 0 Å². The van der Waals surface area contributed by atoms with E-state index in [0.29, 0.717) is 6.54 Å². The van der Waals surface area contributed by atoms with Crippen LogP contribution in [0.2, 0.25) is 0 Å². The quantitative estimate of drug-likeness (QED) is 0.741. The third-order valence-electron chi connectivity index (χ3n) is 4.45. The lowest BCUT2D eigenvalue weighted by atomic mass is 9.98. The van der Waals surface area contributed by atoms with Gasteiger partial charge in [-0.3, -0.25) is 4.79 Å². The number of thiophene rings is 2. The minimum Gasteiger partial charge on any atom is -0.321 e. The van der Waals surface area contributed by atoms with Crippen LogP contribution in [0.1, 0.15) is 21.4 Å². The van der Waals surface area contributed by atoms with Crippen molar-refractivity contribution in [1.82, 2.24) is 0 Å². The number of carbonyl (C=O) groups excluding carboxylic acids is 1. The molecule has 122 valence electrons. The van der Waals surface area contributed by atoms with Gasteiger partial charge in [0.25, 0.3) is 5.91 Å². The Bertz CT molecular complexity index is 811. The molecule has 3 aromatic rings. The Labute approximate surface area is 149 Å². The lowest BCUT2D eigenvalue weighted by Gasteiger charge is -2.31. The van der Waals surface area contributed by atoms with Gasteiger partial charge in [0.15, 0.2) is 6.54 Å². The largest absolute Gasteiger partial charge is 0.321 e. The van der Waals surface area contributed by atoms with E-state index in [1.165, 1.54) is 20.2 Å². The molecule has 2 atom stereocenters. The molecule has 0 aliphatic carbocycles. The van der Waals surface area contributed by atoms with Crippen molar-refractivity contribution < 1.29 is 9.69 Å². The lowest BCUT2D eigenvalue weighted by molar-refractivity contribution is -0.919. The first-order valence-corrected chi connectivity index (χ1v) is 9.86. The summed E-state index contributed by atoms with van der Waals surface area (Å²) in [6.45, 7) is 1.49. The highest BCUT2D eigenvalue weighted by Crippen LogP contribution is 2.31. The summed E-state index contributed by atoms with van der Waals surface area (Å²) in [6.07, 6.45) is 1.06. The Balaban J connectivity index is 1.54. The first kappa shape index (κ1) is 15.6. The van der Waals surface area contributed by atoms with Crippen molar-refractivity contribution in [2.45, 2.75) is 12.5 Å². The Kier molecular flexibility index (Phi) is 4.47. The zero-order chi connectivity index (χ0) is 16.4. The topological polar surface area (TPSA) is 33.5 Å². The maximum Gasteiger partial charge on any atom is 0.279 e. The summed E-state index contributed by atoms with van der Waals surface area (Å²) in [6, 6.07) is 16.5. The van der Waals surface area contributed by atoms with Crippen LogP contribution in [0.3, 0.4) is 0 Å². The van der Waals surface area contributed by atoms with Crippen LogP contribution < -0.4 is 10.2 Å². The lowest BCUT2D eigenvalue weighted by Crippen LogP contribution is -3.14. The first-order valence-electron chi connectivity index (χ1n) is 8.10. The molecule has 1 unspecified atom stereocenters. The molecule has 2 aromatic heterocycles. The summed E-state index contributed by atoms with van der Waals surface area (Å²) < 4.78 is 0. The Morgan fingerprint density at radius 2 is 1.96 bits per heavy atom. The molecule has 1 amide bonds. The Morgan fingerprint density at radius 1 is 1.08 bits per heavy atom. The number of quaternary nitrogens is 1. The zero-order valence-electron chi connectivity index (χ0n) is 13.2. The first-order chi connectivity index (χ1) is 11.8. The van der Waals surface area contributed by atoms with Crippen LogP contribution in [-0.2, 0) is 11.2 Å². The third-order valence-corrected chi connectivity index (χ3v) is 6.38. The Hall–Kier alpha value is -1.95. The highest BCUT2D eigenvalue weighted by atomic mass is 32.1. The fraction of sp³-hybridized carbons (Fsp3) is 0.211. The second kappa shape index (κ2) is 6.89. The predicted octanol–water partition coefficient (Wildman–Crippen LogP) is 2.98. The molecule has 5 heteroatoms. The maximum absolute atomic E-state index is 12.5. The fourth-order valence-corrected chi connectivity index (χ4v) is 5.20. The average Bonchev–Trinajstić information content (AvgIpc) is 3.27. The number of rotatable bonds is 4. The molecule has 1 aliphatic rings. The van der Waals surface area contributed by atoms with E-state index in [1.807, 2.05) is 41.7 Å². The van der Waals surface area contributed by atoms with Gasteiger partial charge in [0.05, 0.1) is 11.4 Å². The van der Waals surface area contributed by atoms with Crippen LogP contribution >= 0.6 is 22.7 Å². The van der Waals surface area contributed by atoms with Gasteiger partial charge in [-0.2, -0.15) is 0 Å². The van der Waals surface area contributed by atoms with Crippen molar-refractivity contribution in [2.75, 3.05) is 18.4 Å². The van der Waals surface area contributed by atoms with Gasteiger partial charge >= 0.3 is 0 Å². The second-order valence-corrected chi connectivity index (χ2v) is 7.98. The number of amides is 1. The number of hydrogen-bond donors (Lipinski definition) is 2. The summed E-state index contributed by atoms with van der Waals surface area (Å²) >= 11 is 3.62. The van der Waals surface area contributed by atoms with Crippen molar-refractivity contribution >= 4 is 34.3 Å². The van der Waals surface area contributed by atoms with Crippen LogP contribution in [0.4, 0.5) is 5.69 Å². The standard InChI is InChI=1S/C19H18N2OS2/c22-18(20-14-5-2-1-3-6-14)13-21-10-8-16-15(9-12-24-16)19(21)17-7-4-11-23-17/h1-7,9,11-12,19H,8,10,13H2,(H,20,22)/p+1/t19-/m1/s1. The third kappa shape index (κ3) is 3.15. The molecular weight excluding hydrogens is 336 g/mol. The molecule has 3 heterocycles. The molecule has 0 fully saturated rings. The average molecular weight is 356 g/mol. The van der Waals surface area contributed by atoms with Gasteiger partial charge in [-0.15, -0.1) is 22.7 Å². The van der Waals surface area contributed by atoms with Gasteiger partial charge in [-0.1, -0.05) is 24.3 Å². The highest BCUT2D eigenvalue weighted by molar-refractivity contribution is 7.10. The van der Waals surface area contributed by atoms with Crippen LogP contribution in [-0.4, -0.2) is 19.0 Å². The number of anilines is 1. The van der Waals surface area contributed by atoms with Gasteiger partial charge in [0, 0.05) is 22.5 Å². The van der Waals surface area contributed by atoms with E-state index in [4.69, 9.17) is 0 Å². The molecule has 3 nitrogen and oxygen atoms in total. The molecule has 4 rings (SSSR count). The molecule has 0 saturated carbocycles. The van der Waals surface area contributed by atoms with E-state index in [-0.39, 0.29) is 11.9 Å². The predicted molar refractivity (Wildman–Crippen MR) is 100.0 cm³/mol. The van der Waals surface area contributed by atoms with E-state index in [1.54, 1.807) is 11.3 Å². The Morgan fingerprint density at radius 3 is 2.75 bits per heavy atom. The number of carbonyl (C=O) groups is 1. The van der Waals surface area contributed by atoms with Crippen molar-refractivity contribution in [3.05, 3.63) is 74.6 Å². The summed E-state index contributed by atoms with van der Waals surface area (Å²) in [5.41, 5.74) is 2.26. The van der Waals surface area contributed by atoms with Crippen LogP contribution in [0.15, 0.2) is 59.3 Å². The minimum atomic E-state index is 0.0800. The summed E-state index contributed by atoms with van der Waals surface area (Å²) in [7, 11) is 0. The number of para-hydroxylation sites is 1. The van der Waals surface area contributed by atoms with Gasteiger partial charge in [-0.05, 0) is 35.0 Å². The van der Waals surface area contributed by atoms with Crippen molar-refractivity contribution in [2.24, 2.45) is 0 Å². The van der Waals surface area contributed by atoms with E-state index >= 15 is 0 Å². The van der Waals surface area contributed by atoms with Gasteiger partial charge in [0.2, 0.25) is 0 Å². The summed E-state index contributed by atoms with van der Waals surface area (Å²) in [5, 5.41) is 7.32. The molecule has 2 N–H and O–H groups in total. The molecule has 1 aromatic carbocycles. The van der Waals surface area contributed by atoms with Crippen molar-refractivity contribution in [3.63, 3.8) is 0 Å². The minimum absolute atomic E-state index is 0.0800. The smallest absolute Gasteiger partial charge is 0.279 e. The molecule has 0 saturated heterocycles. The second-order valence-electron chi connectivity index (χ2n) is 6.00. The SMILES string of the molecule is O=C(C[NH+]1CCc2sccc2[C@@H]1c1cccs1)Nc1ccccc1. The maximum atomic E-state index is 12.5. The van der Waals surface area contributed by atoms with Gasteiger partial charge in [0.1, 0.15) is 6.04 Å². The van der Waals surface area contributed by atoms with Gasteiger partial charge < -0.3 is 10.2 Å². The van der Waals surface area contributed by atoms with Crippen LogP contribution in [0.5, 0.6) is 0 Å². The molecule has 24 heavy (non-hydrogen) atoms. The summed E-state index contributed by atoms with van der Waals surface area (Å²) in [5.74, 6) is 0.0800. The van der Waals surface area contributed by atoms with E-state index < -0.39 is 0 Å². The molecule has 1 aliphatic heterocycles. The normalized spacial score (nSPS) is 19.7. The molecule has 0 bridgehead atoms. The number of hydrogen-bond acceptors (Lipinski definition) is 3. The monoisotopic (exact) mass is 355 g/mol.